The quantitative estimate of drug-likeness (QED) is 0.611. The maximum absolute atomic E-state index is 11.7. The summed E-state index contributed by atoms with van der Waals surface area (Å²) in [6.07, 6.45) is 0.671. The van der Waals surface area contributed by atoms with Gasteiger partial charge in [0, 0.05) is 19.0 Å². The summed E-state index contributed by atoms with van der Waals surface area (Å²) < 4.78 is 0. The summed E-state index contributed by atoms with van der Waals surface area (Å²) in [7, 11) is 0. The van der Waals surface area contributed by atoms with E-state index < -0.39 is 0 Å². The summed E-state index contributed by atoms with van der Waals surface area (Å²) in [5, 5.41) is 0. The smallest absolute Gasteiger partial charge is 0.223 e. The van der Waals surface area contributed by atoms with Gasteiger partial charge in [-0.05, 0) is 18.3 Å². The topological polar surface area (TPSA) is 20.3 Å². The van der Waals surface area contributed by atoms with Crippen molar-refractivity contribution in [3.8, 4) is 0 Å². The van der Waals surface area contributed by atoms with Crippen LogP contribution in [-0.4, -0.2) is 23.4 Å². The minimum Gasteiger partial charge on any atom is -0.339 e. The molecule has 0 radical (unpaired) electrons. The van der Waals surface area contributed by atoms with Crippen LogP contribution in [0.25, 0.3) is 0 Å². The van der Waals surface area contributed by atoms with Gasteiger partial charge in [0.2, 0.25) is 5.91 Å². The summed E-state index contributed by atoms with van der Waals surface area (Å²) in [6.45, 7) is 11.6. The first-order valence-electron chi connectivity index (χ1n) is 5.11. The van der Waals surface area contributed by atoms with Gasteiger partial charge in [-0.25, -0.2) is 0 Å². The fourth-order valence-electron chi connectivity index (χ4n) is 1.68. The first-order valence-corrected chi connectivity index (χ1v) is 5.11. The van der Waals surface area contributed by atoms with Crippen LogP contribution in [0.5, 0.6) is 0 Å². The second-order valence-electron chi connectivity index (χ2n) is 5.50. The third-order valence-corrected chi connectivity index (χ3v) is 2.80. The first-order chi connectivity index (χ1) is 5.81. The number of rotatable bonds is 1. The highest BCUT2D eigenvalue weighted by molar-refractivity contribution is 5.78. The number of hydrogen-bond donors (Lipinski definition) is 0. The molecule has 1 amide bonds. The second-order valence-corrected chi connectivity index (χ2v) is 5.50. The largest absolute Gasteiger partial charge is 0.339 e. The van der Waals surface area contributed by atoms with Crippen LogP contribution < -0.4 is 0 Å². The molecule has 1 aliphatic heterocycles. The van der Waals surface area contributed by atoms with Crippen LogP contribution in [0.1, 0.15) is 41.0 Å². The van der Waals surface area contributed by atoms with Gasteiger partial charge in [-0.2, -0.15) is 0 Å². The van der Waals surface area contributed by atoms with Crippen molar-refractivity contribution in [3.05, 3.63) is 0 Å². The van der Waals surface area contributed by atoms with Gasteiger partial charge in [-0.3, -0.25) is 4.79 Å². The Kier molecular flexibility index (Phi) is 2.69. The molecule has 1 fully saturated rings. The van der Waals surface area contributed by atoms with E-state index in [4.69, 9.17) is 0 Å². The predicted octanol–water partition coefficient (Wildman–Crippen LogP) is 2.29. The van der Waals surface area contributed by atoms with Crippen molar-refractivity contribution >= 4 is 5.91 Å². The van der Waals surface area contributed by atoms with Gasteiger partial charge >= 0.3 is 0 Å². The Hall–Kier alpha value is -0.530. The lowest BCUT2D eigenvalue weighted by molar-refractivity contribution is -0.144. The van der Waals surface area contributed by atoms with Gasteiger partial charge < -0.3 is 4.90 Å². The molecule has 1 saturated heterocycles. The van der Waals surface area contributed by atoms with Crippen LogP contribution in [-0.2, 0) is 4.79 Å². The monoisotopic (exact) mass is 183 g/mol. The lowest BCUT2D eigenvalue weighted by Gasteiger charge is -2.45. The molecule has 0 aliphatic carbocycles. The second kappa shape index (κ2) is 3.32. The molecule has 1 heterocycles. The Morgan fingerprint density at radius 3 is 2.23 bits per heavy atom. The van der Waals surface area contributed by atoms with Gasteiger partial charge in [0.05, 0.1) is 0 Å². The highest BCUT2D eigenvalue weighted by Gasteiger charge is 2.36. The minimum atomic E-state index is 0.121. The number of carbonyl (C=O) groups is 1. The number of likely N-dealkylation sites (tertiary alicyclic amines) is 1. The van der Waals surface area contributed by atoms with Crippen LogP contribution in [0.3, 0.4) is 0 Å². The predicted molar refractivity (Wildman–Crippen MR) is 54.4 cm³/mol. The van der Waals surface area contributed by atoms with Crippen molar-refractivity contribution in [3.63, 3.8) is 0 Å². The molecule has 0 spiro atoms. The third kappa shape index (κ3) is 2.45. The maximum atomic E-state index is 11.7. The Morgan fingerprint density at radius 2 is 1.92 bits per heavy atom. The van der Waals surface area contributed by atoms with E-state index in [0.717, 1.165) is 6.54 Å². The highest BCUT2D eigenvalue weighted by atomic mass is 16.2. The summed E-state index contributed by atoms with van der Waals surface area (Å²) in [6, 6.07) is 0.454. The van der Waals surface area contributed by atoms with E-state index in [2.05, 4.69) is 34.6 Å². The average Bonchev–Trinajstić information content (AvgIpc) is 1.95. The van der Waals surface area contributed by atoms with Crippen molar-refractivity contribution in [1.82, 2.24) is 4.90 Å². The fourth-order valence-corrected chi connectivity index (χ4v) is 1.68. The molecule has 0 N–H and O–H groups in total. The van der Waals surface area contributed by atoms with Gasteiger partial charge in [0.15, 0.2) is 0 Å². The van der Waals surface area contributed by atoms with Crippen LogP contribution in [0, 0.1) is 11.3 Å². The Bertz CT molecular complexity index is 205. The molecule has 1 aliphatic rings. The minimum absolute atomic E-state index is 0.121. The summed E-state index contributed by atoms with van der Waals surface area (Å²) in [4.78, 5) is 13.7. The number of nitrogens with zero attached hydrogens (tertiary/aromatic N) is 1. The van der Waals surface area contributed by atoms with E-state index in [1.54, 1.807) is 0 Å². The van der Waals surface area contributed by atoms with E-state index >= 15 is 0 Å². The van der Waals surface area contributed by atoms with Crippen molar-refractivity contribution in [2.75, 3.05) is 6.54 Å². The SMILES string of the molecule is CC1CN(C(=O)CC(C)(C)C)C1C. The molecule has 0 bridgehead atoms. The van der Waals surface area contributed by atoms with E-state index in [9.17, 15) is 4.79 Å². The third-order valence-electron chi connectivity index (χ3n) is 2.80. The van der Waals surface area contributed by atoms with Crippen molar-refractivity contribution < 1.29 is 4.79 Å². The van der Waals surface area contributed by atoms with E-state index in [1.807, 2.05) is 4.90 Å². The van der Waals surface area contributed by atoms with Crippen molar-refractivity contribution in [1.29, 1.82) is 0 Å². The molecule has 0 aromatic rings. The Labute approximate surface area is 81.3 Å². The number of amides is 1. The van der Waals surface area contributed by atoms with E-state index in [0.29, 0.717) is 24.3 Å². The molecule has 2 nitrogen and oxygen atoms in total. The van der Waals surface area contributed by atoms with Crippen LogP contribution >= 0.6 is 0 Å². The van der Waals surface area contributed by atoms with E-state index in [-0.39, 0.29) is 5.41 Å². The molecule has 2 unspecified atom stereocenters. The van der Waals surface area contributed by atoms with Crippen molar-refractivity contribution in [2.24, 2.45) is 11.3 Å². The van der Waals surface area contributed by atoms with Gasteiger partial charge in [0.1, 0.15) is 0 Å². The molecule has 76 valence electrons. The molecule has 0 aromatic carbocycles. The summed E-state index contributed by atoms with van der Waals surface area (Å²) in [5.41, 5.74) is 0.121. The number of carbonyl (C=O) groups excluding carboxylic acids is 1. The normalized spacial score (nSPS) is 28.5. The lowest BCUT2D eigenvalue weighted by atomic mass is 9.87. The van der Waals surface area contributed by atoms with Gasteiger partial charge in [-0.15, -0.1) is 0 Å². The van der Waals surface area contributed by atoms with Crippen LogP contribution in [0.2, 0.25) is 0 Å². The van der Waals surface area contributed by atoms with Crippen molar-refractivity contribution in [2.45, 2.75) is 47.1 Å². The highest BCUT2D eigenvalue weighted by Crippen LogP contribution is 2.28. The Balaban J connectivity index is 2.42. The zero-order chi connectivity index (χ0) is 10.2. The van der Waals surface area contributed by atoms with Gasteiger partial charge in [-0.1, -0.05) is 27.7 Å². The maximum Gasteiger partial charge on any atom is 0.223 e. The summed E-state index contributed by atoms with van der Waals surface area (Å²) in [5.74, 6) is 1.00. The molecule has 2 atom stereocenters. The van der Waals surface area contributed by atoms with Gasteiger partial charge in [0.25, 0.3) is 0 Å². The molecule has 1 rings (SSSR count). The van der Waals surface area contributed by atoms with E-state index in [1.165, 1.54) is 0 Å². The zero-order valence-corrected chi connectivity index (χ0v) is 9.42. The molecule has 0 aromatic heterocycles. The Morgan fingerprint density at radius 1 is 1.38 bits per heavy atom. The molecule has 2 heteroatoms. The molecule has 0 saturated carbocycles. The summed E-state index contributed by atoms with van der Waals surface area (Å²) >= 11 is 0. The molecule has 13 heavy (non-hydrogen) atoms. The standard InChI is InChI=1S/C11H21NO/c1-8-7-12(9(8)2)10(13)6-11(3,4)5/h8-9H,6-7H2,1-5H3. The first kappa shape index (κ1) is 10.6. The zero-order valence-electron chi connectivity index (χ0n) is 9.42. The molecular formula is C11H21NO. The lowest BCUT2D eigenvalue weighted by Crippen LogP contribution is -2.56. The molecular weight excluding hydrogens is 162 g/mol. The number of hydrogen-bond acceptors (Lipinski definition) is 1. The van der Waals surface area contributed by atoms with Crippen LogP contribution in [0.4, 0.5) is 0 Å². The van der Waals surface area contributed by atoms with Crippen LogP contribution in [0.15, 0.2) is 0 Å². The average molecular weight is 183 g/mol. The fraction of sp³-hybridized carbons (Fsp3) is 0.909.